The van der Waals surface area contributed by atoms with Gasteiger partial charge in [-0.3, -0.25) is 4.79 Å². The van der Waals surface area contributed by atoms with Crippen molar-refractivity contribution >= 4 is 0 Å². The molecule has 2 aromatic rings. The standard InChI is InChI=1S/C14H10N4O2/c15-6-9-10(8-4-2-1-3-5-8)11-13(19)17-7-18-14(11)20-12(9)16/h1-5,7,10H,16H2,(H,17,18,19)/t10-/m0/s1. The van der Waals surface area contributed by atoms with Crippen molar-refractivity contribution < 1.29 is 4.74 Å². The first-order valence-corrected chi connectivity index (χ1v) is 5.92. The quantitative estimate of drug-likeness (QED) is 0.800. The Morgan fingerprint density at radius 2 is 2.10 bits per heavy atom. The highest BCUT2D eigenvalue weighted by Gasteiger charge is 2.33. The zero-order valence-corrected chi connectivity index (χ0v) is 10.3. The number of fused-ring (bicyclic) bond motifs is 1. The molecule has 1 atom stereocenters. The van der Waals surface area contributed by atoms with Crippen LogP contribution in [0.25, 0.3) is 0 Å². The molecule has 0 unspecified atom stereocenters. The largest absolute Gasteiger partial charge is 0.422 e. The number of allylic oxidation sites excluding steroid dienone is 1. The Balaban J connectivity index is 2.31. The normalized spacial score (nSPS) is 17.1. The lowest BCUT2D eigenvalue weighted by Crippen LogP contribution is -2.28. The number of hydrogen-bond acceptors (Lipinski definition) is 5. The number of aromatic amines is 1. The van der Waals surface area contributed by atoms with Gasteiger partial charge >= 0.3 is 0 Å². The molecule has 6 heteroatoms. The van der Waals surface area contributed by atoms with E-state index in [1.165, 1.54) is 6.33 Å². The molecular weight excluding hydrogens is 256 g/mol. The molecule has 1 aromatic heterocycles. The number of rotatable bonds is 1. The summed E-state index contributed by atoms with van der Waals surface area (Å²) in [6.45, 7) is 0. The van der Waals surface area contributed by atoms with E-state index in [1.807, 2.05) is 36.4 Å². The monoisotopic (exact) mass is 266 g/mol. The van der Waals surface area contributed by atoms with Crippen molar-refractivity contribution in [1.82, 2.24) is 9.97 Å². The van der Waals surface area contributed by atoms with Crippen molar-refractivity contribution in [3.8, 4) is 11.9 Å². The Bertz CT molecular complexity index is 787. The van der Waals surface area contributed by atoms with E-state index in [0.29, 0.717) is 5.56 Å². The van der Waals surface area contributed by atoms with Gasteiger partial charge in [-0.15, -0.1) is 0 Å². The summed E-state index contributed by atoms with van der Waals surface area (Å²) in [5, 5.41) is 9.31. The van der Waals surface area contributed by atoms with E-state index in [2.05, 4.69) is 9.97 Å². The third-order valence-electron chi connectivity index (χ3n) is 3.16. The molecule has 0 saturated carbocycles. The van der Waals surface area contributed by atoms with Crippen molar-refractivity contribution in [2.75, 3.05) is 0 Å². The van der Waals surface area contributed by atoms with Gasteiger partial charge in [0.05, 0.1) is 17.8 Å². The van der Waals surface area contributed by atoms with Gasteiger partial charge < -0.3 is 15.5 Å². The zero-order chi connectivity index (χ0) is 14.1. The average Bonchev–Trinajstić information content (AvgIpc) is 2.47. The third-order valence-corrected chi connectivity index (χ3v) is 3.16. The van der Waals surface area contributed by atoms with Gasteiger partial charge in [-0.05, 0) is 5.56 Å². The van der Waals surface area contributed by atoms with Gasteiger partial charge in [-0.2, -0.15) is 5.26 Å². The molecule has 0 saturated heterocycles. The fourth-order valence-corrected chi connectivity index (χ4v) is 2.27. The van der Waals surface area contributed by atoms with Crippen LogP contribution in [0, 0.1) is 11.3 Å². The number of benzene rings is 1. The first-order chi connectivity index (χ1) is 9.72. The SMILES string of the molecule is N#CC1=C(N)Oc2nc[nH]c(=O)c2[C@H]1c1ccccc1. The second-order valence-electron chi connectivity index (χ2n) is 4.29. The van der Waals surface area contributed by atoms with Gasteiger partial charge in [0.15, 0.2) is 0 Å². The molecule has 0 amide bonds. The predicted octanol–water partition coefficient (Wildman–Crippen LogP) is 0.988. The number of nitrogens with zero attached hydrogens (tertiary/aromatic N) is 2. The second kappa shape index (κ2) is 4.55. The summed E-state index contributed by atoms with van der Waals surface area (Å²) in [5.41, 5.74) is 6.71. The minimum absolute atomic E-state index is 0.0213. The van der Waals surface area contributed by atoms with Crippen molar-refractivity contribution in [1.29, 1.82) is 5.26 Å². The Kier molecular flexibility index (Phi) is 2.73. The molecule has 1 aliphatic rings. The highest BCUT2D eigenvalue weighted by molar-refractivity contribution is 5.52. The molecule has 0 fully saturated rings. The second-order valence-corrected chi connectivity index (χ2v) is 4.29. The van der Waals surface area contributed by atoms with Crippen molar-refractivity contribution in [2.24, 2.45) is 5.73 Å². The lowest BCUT2D eigenvalue weighted by atomic mass is 9.85. The van der Waals surface area contributed by atoms with Gasteiger partial charge in [0.25, 0.3) is 5.56 Å². The number of nitriles is 1. The van der Waals surface area contributed by atoms with Crippen LogP contribution in [-0.2, 0) is 0 Å². The van der Waals surface area contributed by atoms with Crippen molar-refractivity contribution in [3.05, 3.63) is 69.6 Å². The summed E-state index contributed by atoms with van der Waals surface area (Å²) < 4.78 is 5.27. The number of aromatic nitrogens is 2. The average molecular weight is 266 g/mol. The van der Waals surface area contributed by atoms with Gasteiger partial charge in [-0.1, -0.05) is 30.3 Å². The van der Waals surface area contributed by atoms with Gasteiger partial charge in [-0.25, -0.2) is 4.98 Å². The number of ether oxygens (including phenoxy) is 1. The number of hydrogen-bond donors (Lipinski definition) is 2. The van der Waals surface area contributed by atoms with Crippen LogP contribution in [-0.4, -0.2) is 9.97 Å². The van der Waals surface area contributed by atoms with Crippen LogP contribution in [0.3, 0.4) is 0 Å². The first-order valence-electron chi connectivity index (χ1n) is 5.92. The Morgan fingerprint density at radius 3 is 2.80 bits per heavy atom. The maximum absolute atomic E-state index is 12.1. The fraction of sp³-hybridized carbons (Fsp3) is 0.0714. The molecule has 1 aromatic carbocycles. The van der Waals surface area contributed by atoms with E-state index in [4.69, 9.17) is 10.5 Å². The van der Waals surface area contributed by atoms with E-state index in [1.54, 1.807) is 0 Å². The van der Waals surface area contributed by atoms with Crippen LogP contribution in [0.1, 0.15) is 17.0 Å². The van der Waals surface area contributed by atoms with E-state index in [9.17, 15) is 10.1 Å². The van der Waals surface area contributed by atoms with Crippen LogP contribution in [0.5, 0.6) is 5.88 Å². The van der Waals surface area contributed by atoms with E-state index in [-0.39, 0.29) is 22.9 Å². The van der Waals surface area contributed by atoms with Gasteiger partial charge in [0, 0.05) is 0 Å². The summed E-state index contributed by atoms with van der Waals surface area (Å²) in [5.74, 6) is -0.451. The number of nitrogens with one attached hydrogen (secondary N) is 1. The maximum atomic E-state index is 12.1. The lowest BCUT2D eigenvalue weighted by Gasteiger charge is -2.24. The maximum Gasteiger partial charge on any atom is 0.258 e. The number of nitrogens with two attached hydrogens (primary N) is 1. The minimum Gasteiger partial charge on any atom is -0.422 e. The van der Waals surface area contributed by atoms with Gasteiger partial charge in [0.1, 0.15) is 11.6 Å². The molecule has 3 rings (SSSR count). The molecular formula is C14H10N4O2. The fourth-order valence-electron chi connectivity index (χ4n) is 2.27. The van der Waals surface area contributed by atoms with Crippen LogP contribution in [0.15, 0.2) is 52.9 Å². The zero-order valence-electron chi connectivity index (χ0n) is 10.3. The smallest absolute Gasteiger partial charge is 0.258 e. The highest BCUT2D eigenvalue weighted by atomic mass is 16.5. The summed E-state index contributed by atoms with van der Waals surface area (Å²) in [7, 11) is 0. The van der Waals surface area contributed by atoms with Crippen molar-refractivity contribution in [2.45, 2.75) is 5.92 Å². The molecule has 0 bridgehead atoms. The molecule has 0 radical (unpaired) electrons. The molecule has 3 N–H and O–H groups in total. The molecule has 98 valence electrons. The van der Waals surface area contributed by atoms with Crippen LogP contribution < -0.4 is 16.0 Å². The minimum atomic E-state index is -0.567. The van der Waals surface area contributed by atoms with E-state index < -0.39 is 5.92 Å². The molecule has 1 aliphatic heterocycles. The highest BCUT2D eigenvalue weighted by Crippen LogP contribution is 2.38. The molecule has 0 spiro atoms. The Hall–Kier alpha value is -3.07. The number of H-pyrrole nitrogens is 1. The van der Waals surface area contributed by atoms with Crippen LogP contribution in [0.2, 0.25) is 0 Å². The summed E-state index contributed by atoms with van der Waals surface area (Å²) in [4.78, 5) is 18.5. The molecule has 6 nitrogen and oxygen atoms in total. The van der Waals surface area contributed by atoms with Crippen molar-refractivity contribution in [3.63, 3.8) is 0 Å². The summed E-state index contributed by atoms with van der Waals surface area (Å²) in [6.07, 6.45) is 1.24. The first kappa shape index (κ1) is 12.0. The van der Waals surface area contributed by atoms with E-state index in [0.717, 1.165) is 5.56 Å². The summed E-state index contributed by atoms with van der Waals surface area (Å²) >= 11 is 0. The van der Waals surface area contributed by atoms with Crippen LogP contribution >= 0.6 is 0 Å². The van der Waals surface area contributed by atoms with Crippen LogP contribution in [0.4, 0.5) is 0 Å². The third kappa shape index (κ3) is 1.73. The predicted molar refractivity (Wildman–Crippen MR) is 70.6 cm³/mol. The Labute approximate surface area is 114 Å². The topological polar surface area (TPSA) is 105 Å². The summed E-state index contributed by atoms with van der Waals surface area (Å²) in [6, 6.07) is 11.2. The van der Waals surface area contributed by atoms with Gasteiger partial charge in [0.2, 0.25) is 11.8 Å². The molecule has 2 heterocycles. The molecule has 20 heavy (non-hydrogen) atoms. The van der Waals surface area contributed by atoms with E-state index >= 15 is 0 Å². The molecule has 0 aliphatic carbocycles. The Morgan fingerprint density at radius 1 is 1.35 bits per heavy atom. The lowest BCUT2D eigenvalue weighted by molar-refractivity contribution is 0.375.